The number of nitrogens with one attached hydrogen (secondary N) is 3. The largest absolute Gasteiger partial charge is 0.341 e. The van der Waals surface area contributed by atoms with Crippen LogP contribution >= 0.6 is 0 Å². The second-order valence-electron chi connectivity index (χ2n) is 8.89. The molecular formula is C22H26N4O3S. The Kier molecular flexibility index (Phi) is 4.94. The van der Waals surface area contributed by atoms with Crippen molar-refractivity contribution >= 4 is 32.7 Å². The van der Waals surface area contributed by atoms with Crippen LogP contribution in [0, 0.1) is 6.92 Å². The summed E-state index contributed by atoms with van der Waals surface area (Å²) < 4.78 is 27.7. The predicted molar refractivity (Wildman–Crippen MR) is 117 cm³/mol. The van der Waals surface area contributed by atoms with Crippen molar-refractivity contribution in [2.75, 3.05) is 5.32 Å². The molecule has 30 heavy (non-hydrogen) atoms. The molecule has 0 bridgehead atoms. The van der Waals surface area contributed by atoms with Crippen molar-refractivity contribution in [1.29, 1.82) is 0 Å². The molecule has 1 aromatic heterocycles. The number of carbonyl (C=O) groups is 1. The Morgan fingerprint density at radius 1 is 1.13 bits per heavy atom. The van der Waals surface area contributed by atoms with Gasteiger partial charge in [-0.3, -0.25) is 4.79 Å². The van der Waals surface area contributed by atoms with Gasteiger partial charge in [-0.1, -0.05) is 26.8 Å². The fourth-order valence-electron chi connectivity index (χ4n) is 3.14. The van der Waals surface area contributed by atoms with Crippen LogP contribution in [0.2, 0.25) is 0 Å². The SMILES string of the molecule is Cc1ccc(S(=O)(=O)NC2CC2)cc1C(=O)Nc1ccc2nc(C(C)(C)C)[nH]c2c1. The maximum Gasteiger partial charge on any atom is 0.255 e. The highest BCUT2D eigenvalue weighted by Crippen LogP contribution is 2.26. The molecule has 1 amide bonds. The molecule has 3 N–H and O–H groups in total. The summed E-state index contributed by atoms with van der Waals surface area (Å²) in [5.74, 6) is 0.517. The van der Waals surface area contributed by atoms with Gasteiger partial charge in [0.2, 0.25) is 10.0 Å². The molecule has 158 valence electrons. The molecule has 7 nitrogen and oxygen atoms in total. The molecule has 0 spiro atoms. The zero-order chi connectivity index (χ0) is 21.7. The van der Waals surface area contributed by atoms with Crippen LogP contribution in [-0.4, -0.2) is 30.3 Å². The smallest absolute Gasteiger partial charge is 0.255 e. The van der Waals surface area contributed by atoms with E-state index in [4.69, 9.17) is 0 Å². The Labute approximate surface area is 176 Å². The maximum absolute atomic E-state index is 12.9. The minimum absolute atomic E-state index is 0.00713. The summed E-state index contributed by atoms with van der Waals surface area (Å²) in [5, 5.41) is 2.87. The first kappa shape index (κ1) is 20.6. The Morgan fingerprint density at radius 3 is 2.53 bits per heavy atom. The number of nitrogens with zero attached hydrogens (tertiary/aromatic N) is 1. The molecule has 0 atom stereocenters. The fraction of sp³-hybridized carbons (Fsp3) is 0.364. The fourth-order valence-corrected chi connectivity index (χ4v) is 4.47. The van der Waals surface area contributed by atoms with E-state index in [0.717, 1.165) is 29.7 Å². The predicted octanol–water partition coefficient (Wildman–Crippen LogP) is 3.86. The lowest BCUT2D eigenvalue weighted by molar-refractivity contribution is 0.102. The summed E-state index contributed by atoms with van der Waals surface area (Å²) in [6, 6.07) is 10.1. The number of carbonyl (C=O) groups excluding carboxylic acids is 1. The molecule has 0 aliphatic heterocycles. The first-order valence-electron chi connectivity index (χ1n) is 9.97. The lowest BCUT2D eigenvalue weighted by atomic mass is 9.96. The number of amides is 1. The molecule has 3 aromatic rings. The van der Waals surface area contributed by atoms with Crippen molar-refractivity contribution < 1.29 is 13.2 Å². The maximum atomic E-state index is 12.9. The van der Waals surface area contributed by atoms with Gasteiger partial charge in [0.05, 0.1) is 15.9 Å². The van der Waals surface area contributed by atoms with Gasteiger partial charge in [-0.05, 0) is 55.7 Å². The number of rotatable bonds is 5. The second-order valence-corrected chi connectivity index (χ2v) is 10.6. The molecule has 0 saturated heterocycles. The molecule has 8 heteroatoms. The van der Waals surface area contributed by atoms with E-state index < -0.39 is 10.0 Å². The monoisotopic (exact) mass is 426 g/mol. The zero-order valence-corrected chi connectivity index (χ0v) is 18.4. The summed E-state index contributed by atoms with van der Waals surface area (Å²) in [5.41, 5.74) is 3.19. The van der Waals surface area contributed by atoms with Crippen molar-refractivity contribution in [3.8, 4) is 0 Å². The van der Waals surface area contributed by atoms with Crippen LogP contribution in [-0.2, 0) is 15.4 Å². The minimum Gasteiger partial charge on any atom is -0.341 e. The molecule has 1 fully saturated rings. The number of aryl methyl sites for hydroxylation is 1. The summed E-state index contributed by atoms with van der Waals surface area (Å²) >= 11 is 0. The molecule has 2 aromatic carbocycles. The standard InChI is InChI=1S/C22H26N4O3S/c1-13-5-9-16(30(28,29)26-14-6-7-14)12-17(13)20(27)23-15-8-10-18-19(11-15)25-21(24-18)22(2,3)4/h5,8-12,14,26H,6-7H2,1-4H3,(H,23,27)(H,24,25). The second kappa shape index (κ2) is 7.21. The van der Waals surface area contributed by atoms with Crippen molar-refractivity contribution in [1.82, 2.24) is 14.7 Å². The molecule has 1 aliphatic carbocycles. The summed E-state index contributed by atoms with van der Waals surface area (Å²) in [4.78, 5) is 20.9. The van der Waals surface area contributed by atoms with Gasteiger partial charge in [-0.15, -0.1) is 0 Å². The van der Waals surface area contributed by atoms with Crippen LogP contribution in [0.5, 0.6) is 0 Å². The Balaban J connectivity index is 1.59. The number of aromatic nitrogens is 2. The molecule has 1 heterocycles. The number of fused-ring (bicyclic) bond motifs is 1. The van der Waals surface area contributed by atoms with E-state index in [1.807, 2.05) is 12.1 Å². The number of H-pyrrole nitrogens is 1. The quantitative estimate of drug-likeness (QED) is 0.576. The van der Waals surface area contributed by atoms with Crippen LogP contribution in [0.15, 0.2) is 41.3 Å². The third-order valence-corrected chi connectivity index (χ3v) is 6.63. The molecule has 1 saturated carbocycles. The van der Waals surface area contributed by atoms with E-state index >= 15 is 0 Å². The van der Waals surface area contributed by atoms with Crippen LogP contribution in [0.25, 0.3) is 11.0 Å². The van der Waals surface area contributed by atoms with E-state index in [1.54, 1.807) is 19.1 Å². The zero-order valence-electron chi connectivity index (χ0n) is 17.5. The van der Waals surface area contributed by atoms with Crippen LogP contribution in [0.3, 0.4) is 0 Å². The number of anilines is 1. The third-order valence-electron chi connectivity index (χ3n) is 5.11. The highest BCUT2D eigenvalue weighted by atomic mass is 32.2. The number of sulfonamides is 1. The number of aromatic amines is 1. The van der Waals surface area contributed by atoms with E-state index in [-0.39, 0.29) is 22.3 Å². The number of benzene rings is 2. The molecule has 0 unspecified atom stereocenters. The van der Waals surface area contributed by atoms with Gasteiger partial charge in [-0.25, -0.2) is 18.1 Å². The lowest BCUT2D eigenvalue weighted by Crippen LogP contribution is -2.26. The van der Waals surface area contributed by atoms with E-state index in [9.17, 15) is 13.2 Å². The van der Waals surface area contributed by atoms with Gasteiger partial charge < -0.3 is 10.3 Å². The molecular weight excluding hydrogens is 400 g/mol. The van der Waals surface area contributed by atoms with Crippen LogP contribution in [0.4, 0.5) is 5.69 Å². The van der Waals surface area contributed by atoms with E-state index in [2.05, 4.69) is 40.8 Å². The first-order valence-corrected chi connectivity index (χ1v) is 11.5. The summed E-state index contributed by atoms with van der Waals surface area (Å²) in [6.45, 7) is 8.02. The first-order chi connectivity index (χ1) is 14.0. The van der Waals surface area contributed by atoms with Gasteiger partial charge in [0.25, 0.3) is 5.91 Å². The summed E-state index contributed by atoms with van der Waals surface area (Å²) in [6.07, 6.45) is 1.71. The number of hydrogen-bond donors (Lipinski definition) is 3. The lowest BCUT2D eigenvalue weighted by Gasteiger charge is -2.13. The number of hydrogen-bond acceptors (Lipinski definition) is 4. The topological polar surface area (TPSA) is 104 Å². The van der Waals surface area contributed by atoms with Crippen molar-refractivity contribution in [3.63, 3.8) is 0 Å². The Hall–Kier alpha value is -2.71. The minimum atomic E-state index is -3.63. The molecule has 1 aliphatic rings. The highest BCUT2D eigenvalue weighted by Gasteiger charge is 2.28. The van der Waals surface area contributed by atoms with Crippen LogP contribution in [0.1, 0.15) is 55.4 Å². The average molecular weight is 427 g/mol. The highest BCUT2D eigenvalue weighted by molar-refractivity contribution is 7.89. The van der Waals surface area contributed by atoms with Gasteiger partial charge in [-0.2, -0.15) is 0 Å². The molecule has 4 rings (SSSR count). The van der Waals surface area contributed by atoms with Crippen LogP contribution < -0.4 is 10.0 Å². The van der Waals surface area contributed by atoms with Crippen molar-refractivity contribution in [2.45, 2.75) is 56.9 Å². The number of imidazole rings is 1. The molecule has 0 radical (unpaired) electrons. The Morgan fingerprint density at radius 2 is 1.87 bits per heavy atom. The van der Waals surface area contributed by atoms with E-state index in [0.29, 0.717) is 16.8 Å². The van der Waals surface area contributed by atoms with Gasteiger partial charge >= 0.3 is 0 Å². The summed E-state index contributed by atoms with van der Waals surface area (Å²) in [7, 11) is -3.63. The van der Waals surface area contributed by atoms with Gasteiger partial charge in [0.1, 0.15) is 5.82 Å². The average Bonchev–Trinajstić information content (AvgIpc) is 3.34. The normalized spacial score (nSPS) is 14.8. The van der Waals surface area contributed by atoms with E-state index in [1.165, 1.54) is 12.1 Å². The third kappa shape index (κ3) is 4.24. The van der Waals surface area contributed by atoms with Crippen molar-refractivity contribution in [2.24, 2.45) is 0 Å². The van der Waals surface area contributed by atoms with Gasteiger partial charge in [0, 0.05) is 22.7 Å². The van der Waals surface area contributed by atoms with Gasteiger partial charge in [0.15, 0.2) is 0 Å². The van der Waals surface area contributed by atoms with Crippen molar-refractivity contribution in [3.05, 3.63) is 53.3 Å². The Bertz CT molecular complexity index is 1230.